The normalized spacial score (nSPS) is 17.8. The van der Waals surface area contributed by atoms with Gasteiger partial charge >= 0.3 is 17.9 Å². The number of carbonyl (C=O) groups is 3. The van der Waals surface area contributed by atoms with E-state index < -0.39 is 11.9 Å². The number of hydrogen-bond donors (Lipinski definition) is 0. The standard InChI is InChI=1S/C28H24N2O5/c1-16(31)34-15-17-11-12-23-24(19-8-4-6-10-22(19)30(23)13-17)26-25(27(32)35-28(26)33)20-14-29(2)21-9-5-3-7-18(20)21/h3-10,14,17H,11-13,15H2,1-2H3. The number of cyclic esters (lactones) is 2. The van der Waals surface area contributed by atoms with Gasteiger partial charge in [0.2, 0.25) is 0 Å². The Kier molecular flexibility index (Phi) is 4.88. The molecule has 0 N–H and O–H groups in total. The van der Waals surface area contributed by atoms with E-state index >= 15 is 0 Å². The van der Waals surface area contributed by atoms with Crippen molar-refractivity contribution in [1.82, 2.24) is 9.13 Å². The van der Waals surface area contributed by atoms with Crippen LogP contribution >= 0.6 is 0 Å². The van der Waals surface area contributed by atoms with Crippen LogP contribution in [0.25, 0.3) is 33.0 Å². The van der Waals surface area contributed by atoms with E-state index in [0.717, 1.165) is 39.5 Å². The van der Waals surface area contributed by atoms with Crippen LogP contribution in [0, 0.1) is 5.92 Å². The molecule has 0 saturated carbocycles. The van der Waals surface area contributed by atoms with Gasteiger partial charge in [-0.1, -0.05) is 36.4 Å². The highest BCUT2D eigenvalue weighted by Gasteiger charge is 2.40. The van der Waals surface area contributed by atoms with Crippen molar-refractivity contribution < 1.29 is 23.9 Å². The van der Waals surface area contributed by atoms with Crippen LogP contribution in [-0.4, -0.2) is 33.6 Å². The number of para-hydroxylation sites is 2. The number of hydrogen-bond acceptors (Lipinski definition) is 5. The number of fused-ring (bicyclic) bond motifs is 4. The molecule has 2 aromatic carbocycles. The van der Waals surface area contributed by atoms with Crippen LogP contribution < -0.4 is 0 Å². The lowest BCUT2D eigenvalue weighted by Crippen LogP contribution is -2.25. The van der Waals surface area contributed by atoms with E-state index in [-0.39, 0.29) is 11.9 Å². The number of ether oxygens (including phenoxy) is 2. The van der Waals surface area contributed by atoms with Gasteiger partial charge in [0, 0.05) is 71.3 Å². The smallest absolute Gasteiger partial charge is 0.347 e. The predicted molar refractivity (Wildman–Crippen MR) is 131 cm³/mol. The van der Waals surface area contributed by atoms with Crippen LogP contribution in [-0.2, 0) is 43.9 Å². The molecule has 0 saturated heterocycles. The molecule has 0 amide bonds. The van der Waals surface area contributed by atoms with Crippen molar-refractivity contribution in [3.05, 3.63) is 71.5 Å². The zero-order valence-corrected chi connectivity index (χ0v) is 19.5. The molecular weight excluding hydrogens is 444 g/mol. The van der Waals surface area contributed by atoms with Gasteiger partial charge in [0.15, 0.2) is 0 Å². The second-order valence-electron chi connectivity index (χ2n) is 9.25. The number of nitrogens with zero attached hydrogens (tertiary/aromatic N) is 2. The Labute approximate surface area is 201 Å². The van der Waals surface area contributed by atoms with Crippen molar-refractivity contribution >= 4 is 50.9 Å². The molecule has 1 atom stereocenters. The molecule has 0 aliphatic carbocycles. The first kappa shape index (κ1) is 21.4. The molecule has 2 aliphatic rings. The van der Waals surface area contributed by atoms with Crippen molar-refractivity contribution in [2.24, 2.45) is 13.0 Å². The number of aromatic nitrogens is 2. The minimum absolute atomic E-state index is 0.179. The summed E-state index contributed by atoms with van der Waals surface area (Å²) in [5.41, 5.74) is 5.07. The van der Waals surface area contributed by atoms with E-state index in [1.807, 2.05) is 66.3 Å². The van der Waals surface area contributed by atoms with Gasteiger partial charge < -0.3 is 18.6 Å². The summed E-state index contributed by atoms with van der Waals surface area (Å²) < 4.78 is 14.7. The number of carbonyl (C=O) groups excluding carboxylic acids is 3. The maximum atomic E-state index is 13.2. The number of aryl methyl sites for hydroxylation is 1. The van der Waals surface area contributed by atoms with Gasteiger partial charge in [-0.15, -0.1) is 0 Å². The molecule has 4 aromatic rings. The van der Waals surface area contributed by atoms with E-state index in [4.69, 9.17) is 9.47 Å². The Morgan fingerprint density at radius 1 is 1.00 bits per heavy atom. The van der Waals surface area contributed by atoms with Gasteiger partial charge in [-0.05, 0) is 25.0 Å². The van der Waals surface area contributed by atoms with Crippen LogP contribution in [0.2, 0.25) is 0 Å². The van der Waals surface area contributed by atoms with Gasteiger partial charge in [-0.2, -0.15) is 0 Å². The fraction of sp³-hybridized carbons (Fsp3) is 0.250. The maximum absolute atomic E-state index is 13.2. The Morgan fingerprint density at radius 3 is 2.46 bits per heavy atom. The second-order valence-corrected chi connectivity index (χ2v) is 9.25. The molecule has 7 nitrogen and oxygen atoms in total. The summed E-state index contributed by atoms with van der Waals surface area (Å²) in [6.07, 6.45) is 3.40. The summed E-state index contributed by atoms with van der Waals surface area (Å²) in [4.78, 5) is 37.6. The van der Waals surface area contributed by atoms with E-state index in [9.17, 15) is 14.4 Å². The van der Waals surface area contributed by atoms with Gasteiger partial charge in [-0.3, -0.25) is 4.79 Å². The van der Waals surface area contributed by atoms with E-state index in [1.54, 1.807) is 0 Å². The molecule has 1 unspecified atom stereocenters. The summed E-state index contributed by atoms with van der Waals surface area (Å²) in [7, 11) is 1.92. The molecule has 4 heterocycles. The average molecular weight is 469 g/mol. The molecular formula is C28H24N2O5. The highest BCUT2D eigenvalue weighted by molar-refractivity contribution is 6.47. The summed E-state index contributed by atoms with van der Waals surface area (Å²) in [6, 6.07) is 15.7. The minimum Gasteiger partial charge on any atom is -0.466 e. The zero-order valence-electron chi connectivity index (χ0n) is 19.5. The summed E-state index contributed by atoms with van der Waals surface area (Å²) >= 11 is 0. The number of rotatable bonds is 4. The third kappa shape index (κ3) is 3.30. The van der Waals surface area contributed by atoms with Crippen LogP contribution in [0.15, 0.2) is 54.7 Å². The van der Waals surface area contributed by atoms with Gasteiger partial charge in [0.05, 0.1) is 17.8 Å². The van der Waals surface area contributed by atoms with Crippen molar-refractivity contribution in [2.75, 3.05) is 6.61 Å². The Morgan fingerprint density at radius 2 is 1.69 bits per heavy atom. The number of esters is 3. The van der Waals surface area contributed by atoms with Crippen molar-refractivity contribution in [2.45, 2.75) is 26.3 Å². The Bertz CT molecular complexity index is 1590. The molecule has 176 valence electrons. The van der Waals surface area contributed by atoms with Crippen LogP contribution in [0.3, 0.4) is 0 Å². The first-order valence-corrected chi connectivity index (χ1v) is 11.7. The highest BCUT2D eigenvalue weighted by Crippen LogP contribution is 2.44. The molecule has 7 heteroatoms. The lowest BCUT2D eigenvalue weighted by Gasteiger charge is -2.25. The summed E-state index contributed by atoms with van der Waals surface area (Å²) in [5, 5.41) is 1.81. The zero-order chi connectivity index (χ0) is 24.3. The third-order valence-electron chi connectivity index (χ3n) is 7.09. The van der Waals surface area contributed by atoms with Crippen molar-refractivity contribution in [1.29, 1.82) is 0 Å². The van der Waals surface area contributed by atoms with E-state index in [0.29, 0.717) is 36.3 Å². The third-order valence-corrected chi connectivity index (χ3v) is 7.09. The molecule has 0 spiro atoms. The van der Waals surface area contributed by atoms with Crippen LogP contribution in [0.4, 0.5) is 0 Å². The van der Waals surface area contributed by atoms with Crippen molar-refractivity contribution in [3.8, 4) is 0 Å². The van der Waals surface area contributed by atoms with Crippen LogP contribution in [0.5, 0.6) is 0 Å². The molecule has 6 rings (SSSR count). The van der Waals surface area contributed by atoms with Gasteiger partial charge in [-0.25, -0.2) is 9.59 Å². The Hall–Kier alpha value is -4.13. The predicted octanol–water partition coefficient (Wildman–Crippen LogP) is 4.25. The summed E-state index contributed by atoms with van der Waals surface area (Å²) in [6.45, 7) is 2.45. The van der Waals surface area contributed by atoms with E-state index in [1.165, 1.54) is 6.92 Å². The highest BCUT2D eigenvalue weighted by atomic mass is 16.6. The molecule has 2 aromatic heterocycles. The van der Waals surface area contributed by atoms with Crippen molar-refractivity contribution in [3.63, 3.8) is 0 Å². The van der Waals surface area contributed by atoms with Gasteiger partial charge in [0.25, 0.3) is 0 Å². The fourth-order valence-electron chi connectivity index (χ4n) is 5.57. The fourth-order valence-corrected chi connectivity index (χ4v) is 5.57. The van der Waals surface area contributed by atoms with E-state index in [2.05, 4.69) is 4.57 Å². The second kappa shape index (κ2) is 7.98. The largest absolute Gasteiger partial charge is 0.466 e. The topological polar surface area (TPSA) is 79.5 Å². The van der Waals surface area contributed by atoms with Crippen LogP contribution in [0.1, 0.15) is 30.2 Å². The molecule has 0 bridgehead atoms. The first-order valence-electron chi connectivity index (χ1n) is 11.7. The first-order chi connectivity index (χ1) is 16.9. The van der Waals surface area contributed by atoms with Gasteiger partial charge in [0.1, 0.15) is 0 Å². The average Bonchev–Trinajstić information content (AvgIpc) is 3.45. The lowest BCUT2D eigenvalue weighted by molar-refractivity contribution is -0.149. The Balaban J connectivity index is 1.58. The quantitative estimate of drug-likeness (QED) is 0.330. The SMILES string of the molecule is CC(=O)OCC1CCc2c(C3=C(c4cn(C)c5ccccc45)C(=O)OC3=O)c3ccccc3n2C1. The molecule has 2 aliphatic heterocycles. The monoisotopic (exact) mass is 468 g/mol. The minimum atomic E-state index is -0.617. The lowest BCUT2D eigenvalue weighted by atomic mass is 9.91. The summed E-state index contributed by atoms with van der Waals surface area (Å²) in [5.74, 6) is -1.34. The molecule has 35 heavy (non-hydrogen) atoms. The number of benzene rings is 2. The molecule has 0 radical (unpaired) electrons. The maximum Gasteiger partial charge on any atom is 0.347 e. The molecule has 0 fully saturated rings.